The molecule has 0 aromatic rings. The Labute approximate surface area is 101 Å². The van der Waals surface area contributed by atoms with E-state index >= 15 is 0 Å². The molecule has 0 saturated heterocycles. The Kier molecular flexibility index (Phi) is 2.87. The van der Waals surface area contributed by atoms with Crippen LogP contribution in [-0.2, 0) is 4.79 Å². The molecule has 17 heavy (non-hydrogen) atoms. The van der Waals surface area contributed by atoms with Gasteiger partial charge in [-0.05, 0) is 55.8 Å². The molecule has 0 aliphatic heterocycles. The van der Waals surface area contributed by atoms with Gasteiger partial charge in [0, 0.05) is 12.6 Å². The molecule has 4 aliphatic rings. The van der Waals surface area contributed by atoms with Crippen LogP contribution < -0.4 is 5.32 Å². The maximum atomic E-state index is 10.6. The molecule has 4 fully saturated rings. The number of aliphatic carboxylic acids is 1. The maximum Gasteiger partial charge on any atom is 0.333 e. The van der Waals surface area contributed by atoms with Gasteiger partial charge >= 0.3 is 5.97 Å². The highest BCUT2D eigenvalue weighted by Crippen LogP contribution is 2.53. The predicted molar refractivity (Wildman–Crippen MR) is 62.5 cm³/mol. The molecule has 3 N–H and O–H groups in total. The quantitative estimate of drug-likeness (QED) is 0.680. The molecule has 4 saturated carbocycles. The third-order valence-electron chi connectivity index (χ3n) is 5.06. The van der Waals surface area contributed by atoms with E-state index in [-0.39, 0.29) is 6.54 Å². The van der Waals surface area contributed by atoms with E-state index in [1.807, 2.05) is 0 Å². The minimum Gasteiger partial charge on any atom is -0.479 e. The molecular formula is C13H21NO3. The predicted octanol–water partition coefficient (Wildman–Crippen LogP) is 0.846. The lowest BCUT2D eigenvalue weighted by Gasteiger charge is -2.54. The van der Waals surface area contributed by atoms with Crippen LogP contribution in [0.15, 0.2) is 0 Å². The largest absolute Gasteiger partial charge is 0.479 e. The van der Waals surface area contributed by atoms with Gasteiger partial charge in [-0.15, -0.1) is 0 Å². The van der Waals surface area contributed by atoms with E-state index in [0.717, 1.165) is 23.7 Å². The Bertz CT molecular complexity index is 290. The number of aliphatic hydroxyl groups is 1. The van der Waals surface area contributed by atoms with E-state index < -0.39 is 12.1 Å². The average Bonchev–Trinajstić information content (AvgIpc) is 2.26. The van der Waals surface area contributed by atoms with Crippen LogP contribution in [0.25, 0.3) is 0 Å². The second-order valence-corrected chi connectivity index (χ2v) is 6.22. The van der Waals surface area contributed by atoms with Crippen molar-refractivity contribution in [1.82, 2.24) is 5.32 Å². The van der Waals surface area contributed by atoms with Crippen molar-refractivity contribution in [1.29, 1.82) is 0 Å². The van der Waals surface area contributed by atoms with Gasteiger partial charge in [0.05, 0.1) is 0 Å². The highest BCUT2D eigenvalue weighted by molar-refractivity contribution is 5.72. The Morgan fingerprint density at radius 2 is 1.65 bits per heavy atom. The summed E-state index contributed by atoms with van der Waals surface area (Å²) in [6, 6.07) is 0.455. The summed E-state index contributed by atoms with van der Waals surface area (Å²) in [6.07, 6.45) is 5.42. The lowest BCUT2D eigenvalue weighted by Crippen LogP contribution is -2.56. The molecule has 4 aliphatic carbocycles. The second kappa shape index (κ2) is 4.25. The molecule has 1 atom stereocenters. The first kappa shape index (κ1) is 11.5. The average molecular weight is 239 g/mol. The van der Waals surface area contributed by atoms with Gasteiger partial charge in [0.1, 0.15) is 0 Å². The van der Waals surface area contributed by atoms with E-state index in [4.69, 9.17) is 5.11 Å². The second-order valence-electron chi connectivity index (χ2n) is 6.22. The Morgan fingerprint density at radius 1 is 1.12 bits per heavy atom. The lowest BCUT2D eigenvalue weighted by atomic mass is 9.54. The fourth-order valence-electron chi connectivity index (χ4n) is 4.59. The first-order valence-electron chi connectivity index (χ1n) is 6.77. The van der Waals surface area contributed by atoms with Crippen molar-refractivity contribution >= 4 is 5.97 Å². The molecule has 0 spiro atoms. The van der Waals surface area contributed by atoms with Crippen LogP contribution in [0.3, 0.4) is 0 Å². The monoisotopic (exact) mass is 239 g/mol. The van der Waals surface area contributed by atoms with Crippen LogP contribution >= 0.6 is 0 Å². The van der Waals surface area contributed by atoms with Gasteiger partial charge < -0.3 is 15.5 Å². The van der Waals surface area contributed by atoms with E-state index in [2.05, 4.69) is 5.32 Å². The van der Waals surface area contributed by atoms with Crippen LogP contribution in [0, 0.1) is 23.7 Å². The van der Waals surface area contributed by atoms with Crippen LogP contribution in [0.1, 0.15) is 32.1 Å². The molecule has 4 nitrogen and oxygen atoms in total. The number of carbonyl (C=O) groups is 1. The number of carboxylic acid groups (broad SMARTS) is 1. The fourth-order valence-corrected chi connectivity index (χ4v) is 4.59. The summed E-state index contributed by atoms with van der Waals surface area (Å²) in [6.45, 7) is 0.197. The van der Waals surface area contributed by atoms with Gasteiger partial charge in [0.25, 0.3) is 0 Å². The maximum absolute atomic E-state index is 10.6. The molecule has 0 amide bonds. The van der Waals surface area contributed by atoms with Crippen LogP contribution in [0.4, 0.5) is 0 Å². The molecule has 0 aromatic carbocycles. The Balaban J connectivity index is 1.59. The van der Waals surface area contributed by atoms with Crippen molar-refractivity contribution < 1.29 is 15.0 Å². The zero-order chi connectivity index (χ0) is 12.0. The zero-order valence-corrected chi connectivity index (χ0v) is 10.0. The smallest absolute Gasteiger partial charge is 0.333 e. The van der Waals surface area contributed by atoms with Gasteiger partial charge in [-0.1, -0.05) is 0 Å². The minimum absolute atomic E-state index is 0.197. The zero-order valence-electron chi connectivity index (χ0n) is 10.0. The normalized spacial score (nSPS) is 44.9. The standard InChI is InChI=1S/C13H21NO3/c15-11(13(16)17)6-14-12-9-2-7-1-8(4-9)5-10(12)3-7/h7-12,14-15H,1-6H2,(H,16,17). The summed E-state index contributed by atoms with van der Waals surface area (Å²) in [7, 11) is 0. The lowest BCUT2D eigenvalue weighted by molar-refractivity contribution is -0.146. The molecule has 96 valence electrons. The van der Waals surface area contributed by atoms with Crippen molar-refractivity contribution in [3.05, 3.63) is 0 Å². The molecular weight excluding hydrogens is 218 g/mol. The number of rotatable bonds is 4. The van der Waals surface area contributed by atoms with E-state index in [9.17, 15) is 9.90 Å². The molecule has 4 rings (SSSR count). The van der Waals surface area contributed by atoms with E-state index in [1.54, 1.807) is 0 Å². The SMILES string of the molecule is O=C(O)C(O)CNC1C2CC3CC(C2)CC1C3. The van der Waals surface area contributed by atoms with Gasteiger partial charge in [0.2, 0.25) is 0 Å². The first-order chi connectivity index (χ1) is 8.13. The number of aliphatic hydroxyl groups excluding tert-OH is 1. The summed E-state index contributed by atoms with van der Waals surface area (Å²) < 4.78 is 0. The summed E-state index contributed by atoms with van der Waals surface area (Å²) in [5.74, 6) is 2.20. The molecule has 0 heterocycles. The van der Waals surface area contributed by atoms with Crippen LogP contribution in [0.5, 0.6) is 0 Å². The minimum atomic E-state index is -1.26. The third-order valence-corrected chi connectivity index (χ3v) is 5.06. The number of hydrogen-bond acceptors (Lipinski definition) is 3. The van der Waals surface area contributed by atoms with Crippen molar-refractivity contribution in [2.24, 2.45) is 23.7 Å². The van der Waals surface area contributed by atoms with Crippen LogP contribution in [-0.4, -0.2) is 34.9 Å². The highest BCUT2D eigenvalue weighted by atomic mass is 16.4. The van der Waals surface area contributed by atoms with E-state index in [1.165, 1.54) is 32.1 Å². The van der Waals surface area contributed by atoms with E-state index in [0.29, 0.717) is 6.04 Å². The Morgan fingerprint density at radius 3 is 2.12 bits per heavy atom. The fraction of sp³-hybridized carbons (Fsp3) is 0.923. The van der Waals surface area contributed by atoms with Gasteiger partial charge in [-0.2, -0.15) is 0 Å². The van der Waals surface area contributed by atoms with Crippen molar-refractivity contribution in [2.75, 3.05) is 6.54 Å². The van der Waals surface area contributed by atoms with Gasteiger partial charge in [-0.25, -0.2) is 4.79 Å². The summed E-state index contributed by atoms with van der Waals surface area (Å²) in [5, 5.41) is 21.3. The molecule has 1 unspecified atom stereocenters. The van der Waals surface area contributed by atoms with Gasteiger partial charge in [-0.3, -0.25) is 0 Å². The van der Waals surface area contributed by atoms with Crippen LogP contribution in [0.2, 0.25) is 0 Å². The van der Waals surface area contributed by atoms with Gasteiger partial charge in [0.15, 0.2) is 6.10 Å². The van der Waals surface area contributed by atoms with Crippen molar-refractivity contribution in [3.63, 3.8) is 0 Å². The molecule has 4 bridgehead atoms. The first-order valence-corrected chi connectivity index (χ1v) is 6.77. The van der Waals surface area contributed by atoms with Crippen molar-refractivity contribution in [3.8, 4) is 0 Å². The summed E-state index contributed by atoms with van der Waals surface area (Å²) in [4.78, 5) is 10.6. The summed E-state index contributed by atoms with van der Waals surface area (Å²) >= 11 is 0. The molecule has 0 aromatic heterocycles. The van der Waals surface area contributed by atoms with Crippen molar-refractivity contribution in [2.45, 2.75) is 44.2 Å². The molecule has 4 heteroatoms. The summed E-state index contributed by atoms with van der Waals surface area (Å²) in [5.41, 5.74) is 0. The number of carboxylic acids is 1. The molecule has 0 radical (unpaired) electrons. The number of nitrogens with one attached hydrogen (secondary N) is 1. The number of hydrogen-bond donors (Lipinski definition) is 3. The highest BCUT2D eigenvalue weighted by Gasteiger charge is 2.47. The Hall–Kier alpha value is -0.610. The topological polar surface area (TPSA) is 69.6 Å². The third kappa shape index (κ3) is 2.08.